The molecule has 2 aromatic carbocycles. The van der Waals surface area contributed by atoms with Crippen molar-refractivity contribution < 1.29 is 13.9 Å². The standard InChI is InChI=1S/C15H14FNO2S/c16-10-5-6-15(12(17)7-10)20-9-11-8-18-13-3-1-2-4-14(13)19-11/h1-7,11H,8-9,17H2. The smallest absolute Gasteiger partial charge is 0.161 e. The maximum Gasteiger partial charge on any atom is 0.161 e. The molecule has 0 aromatic heterocycles. The Morgan fingerprint density at radius 1 is 1.20 bits per heavy atom. The van der Waals surface area contributed by atoms with E-state index in [-0.39, 0.29) is 11.9 Å². The van der Waals surface area contributed by atoms with Crippen LogP contribution in [0.4, 0.5) is 10.1 Å². The predicted octanol–water partition coefficient (Wildman–Crippen LogP) is 3.34. The second-order valence-corrected chi connectivity index (χ2v) is 5.55. The van der Waals surface area contributed by atoms with E-state index in [1.54, 1.807) is 17.8 Å². The molecule has 0 saturated heterocycles. The highest BCUT2D eigenvalue weighted by Gasteiger charge is 2.20. The van der Waals surface area contributed by atoms with E-state index in [9.17, 15) is 4.39 Å². The molecule has 0 radical (unpaired) electrons. The van der Waals surface area contributed by atoms with Gasteiger partial charge in [-0.05, 0) is 30.3 Å². The molecule has 1 atom stereocenters. The number of ether oxygens (including phenoxy) is 2. The van der Waals surface area contributed by atoms with Gasteiger partial charge in [0.25, 0.3) is 0 Å². The Morgan fingerprint density at radius 2 is 2.00 bits per heavy atom. The number of hydrogen-bond donors (Lipinski definition) is 1. The third kappa shape index (κ3) is 2.82. The zero-order chi connectivity index (χ0) is 13.9. The average Bonchev–Trinajstić information content (AvgIpc) is 2.46. The Balaban J connectivity index is 1.63. The molecule has 0 bridgehead atoms. The van der Waals surface area contributed by atoms with Gasteiger partial charge in [-0.25, -0.2) is 4.39 Å². The zero-order valence-corrected chi connectivity index (χ0v) is 11.5. The number of halogens is 1. The number of nitrogen functional groups attached to an aromatic ring is 1. The Bertz CT molecular complexity index is 621. The molecule has 20 heavy (non-hydrogen) atoms. The van der Waals surface area contributed by atoms with Crippen LogP contribution in [0.15, 0.2) is 47.4 Å². The molecule has 104 valence electrons. The Labute approximate surface area is 120 Å². The number of hydrogen-bond acceptors (Lipinski definition) is 4. The van der Waals surface area contributed by atoms with Gasteiger partial charge in [0.15, 0.2) is 11.5 Å². The van der Waals surface area contributed by atoms with Gasteiger partial charge in [0.2, 0.25) is 0 Å². The third-order valence-electron chi connectivity index (χ3n) is 2.96. The summed E-state index contributed by atoms with van der Waals surface area (Å²) in [5.74, 6) is 1.91. The van der Waals surface area contributed by atoms with Crippen molar-refractivity contribution in [2.75, 3.05) is 18.1 Å². The molecule has 5 heteroatoms. The van der Waals surface area contributed by atoms with E-state index in [1.807, 2.05) is 24.3 Å². The average molecular weight is 291 g/mol. The van der Waals surface area contributed by atoms with Crippen molar-refractivity contribution in [3.05, 3.63) is 48.3 Å². The first kappa shape index (κ1) is 13.1. The molecule has 1 aliphatic rings. The summed E-state index contributed by atoms with van der Waals surface area (Å²) >= 11 is 1.54. The van der Waals surface area contributed by atoms with Crippen LogP contribution in [0.3, 0.4) is 0 Å². The molecule has 1 aliphatic heterocycles. The number of para-hydroxylation sites is 2. The molecule has 2 N–H and O–H groups in total. The van der Waals surface area contributed by atoms with Crippen molar-refractivity contribution in [1.29, 1.82) is 0 Å². The van der Waals surface area contributed by atoms with Crippen molar-refractivity contribution in [3.8, 4) is 11.5 Å². The molecule has 3 rings (SSSR count). The highest BCUT2D eigenvalue weighted by atomic mass is 32.2. The minimum Gasteiger partial charge on any atom is -0.486 e. The fraction of sp³-hybridized carbons (Fsp3) is 0.200. The predicted molar refractivity (Wildman–Crippen MR) is 77.9 cm³/mol. The first-order chi connectivity index (χ1) is 9.72. The molecule has 1 heterocycles. The van der Waals surface area contributed by atoms with Crippen molar-refractivity contribution >= 4 is 17.4 Å². The highest BCUT2D eigenvalue weighted by Crippen LogP contribution is 2.33. The largest absolute Gasteiger partial charge is 0.486 e. The van der Waals surface area contributed by atoms with E-state index in [0.29, 0.717) is 18.0 Å². The highest BCUT2D eigenvalue weighted by molar-refractivity contribution is 7.99. The fourth-order valence-corrected chi connectivity index (χ4v) is 2.90. The molecular formula is C15H14FNO2S. The molecule has 0 spiro atoms. The van der Waals surface area contributed by atoms with Gasteiger partial charge in [-0.2, -0.15) is 0 Å². The van der Waals surface area contributed by atoms with E-state index < -0.39 is 0 Å². The summed E-state index contributed by atoms with van der Waals surface area (Å²) < 4.78 is 24.5. The summed E-state index contributed by atoms with van der Waals surface area (Å²) in [4.78, 5) is 0.855. The molecule has 1 unspecified atom stereocenters. The maximum atomic E-state index is 13.0. The van der Waals surface area contributed by atoms with Gasteiger partial charge in [-0.3, -0.25) is 0 Å². The van der Waals surface area contributed by atoms with E-state index in [0.717, 1.165) is 16.4 Å². The van der Waals surface area contributed by atoms with Crippen LogP contribution in [0.25, 0.3) is 0 Å². The van der Waals surface area contributed by atoms with Crippen LogP contribution >= 0.6 is 11.8 Å². The summed E-state index contributed by atoms with van der Waals surface area (Å²) in [6.45, 7) is 0.505. The minimum absolute atomic E-state index is 0.0423. The van der Waals surface area contributed by atoms with Crippen molar-refractivity contribution in [3.63, 3.8) is 0 Å². The monoisotopic (exact) mass is 291 g/mol. The molecule has 2 aromatic rings. The molecule has 0 aliphatic carbocycles. The molecule has 0 amide bonds. The van der Waals surface area contributed by atoms with Crippen LogP contribution in [0, 0.1) is 5.82 Å². The Hall–Kier alpha value is -1.88. The van der Waals surface area contributed by atoms with Crippen LogP contribution in [0.1, 0.15) is 0 Å². The number of anilines is 1. The molecule has 0 fully saturated rings. The lowest BCUT2D eigenvalue weighted by molar-refractivity contribution is 0.107. The van der Waals surface area contributed by atoms with Gasteiger partial charge in [0, 0.05) is 16.3 Å². The SMILES string of the molecule is Nc1cc(F)ccc1SCC1COc2ccccc2O1. The topological polar surface area (TPSA) is 44.5 Å². The van der Waals surface area contributed by atoms with E-state index in [2.05, 4.69) is 0 Å². The van der Waals surface area contributed by atoms with Crippen molar-refractivity contribution in [2.45, 2.75) is 11.0 Å². The lowest BCUT2D eigenvalue weighted by Gasteiger charge is -2.26. The van der Waals surface area contributed by atoms with E-state index in [4.69, 9.17) is 15.2 Å². The van der Waals surface area contributed by atoms with Gasteiger partial charge < -0.3 is 15.2 Å². The van der Waals surface area contributed by atoms with Gasteiger partial charge in [0.05, 0.1) is 0 Å². The van der Waals surface area contributed by atoms with Gasteiger partial charge >= 0.3 is 0 Å². The number of rotatable bonds is 3. The summed E-state index contributed by atoms with van der Waals surface area (Å²) in [5, 5.41) is 0. The molecule has 3 nitrogen and oxygen atoms in total. The maximum absolute atomic E-state index is 13.0. The Kier molecular flexibility index (Phi) is 3.69. The van der Waals surface area contributed by atoms with Crippen LogP contribution in [-0.2, 0) is 0 Å². The van der Waals surface area contributed by atoms with Crippen molar-refractivity contribution in [2.24, 2.45) is 0 Å². The zero-order valence-electron chi connectivity index (χ0n) is 10.7. The number of thioether (sulfide) groups is 1. The van der Waals surface area contributed by atoms with Crippen LogP contribution < -0.4 is 15.2 Å². The van der Waals surface area contributed by atoms with Gasteiger partial charge in [-0.15, -0.1) is 11.8 Å². The number of fused-ring (bicyclic) bond motifs is 1. The van der Waals surface area contributed by atoms with Gasteiger partial charge in [0.1, 0.15) is 18.5 Å². The fourth-order valence-electron chi connectivity index (χ4n) is 1.98. The van der Waals surface area contributed by atoms with E-state index in [1.165, 1.54) is 12.1 Å². The second kappa shape index (κ2) is 5.63. The first-order valence-corrected chi connectivity index (χ1v) is 7.27. The molecule has 0 saturated carbocycles. The van der Waals surface area contributed by atoms with Crippen LogP contribution in [0.2, 0.25) is 0 Å². The lowest BCUT2D eigenvalue weighted by atomic mass is 10.3. The van der Waals surface area contributed by atoms with Crippen molar-refractivity contribution in [1.82, 2.24) is 0 Å². The summed E-state index contributed by atoms with van der Waals surface area (Å²) in [6.07, 6.45) is -0.0423. The van der Waals surface area contributed by atoms with Crippen LogP contribution in [0.5, 0.6) is 11.5 Å². The summed E-state index contributed by atoms with van der Waals surface area (Å²) in [5.41, 5.74) is 6.23. The summed E-state index contributed by atoms with van der Waals surface area (Å²) in [7, 11) is 0. The van der Waals surface area contributed by atoms with E-state index >= 15 is 0 Å². The van der Waals surface area contributed by atoms with Crippen LogP contribution in [-0.4, -0.2) is 18.5 Å². The number of benzene rings is 2. The first-order valence-electron chi connectivity index (χ1n) is 6.28. The lowest BCUT2D eigenvalue weighted by Crippen LogP contribution is -2.31. The Morgan fingerprint density at radius 3 is 2.80 bits per heavy atom. The third-order valence-corrected chi connectivity index (χ3v) is 4.19. The molecular weight excluding hydrogens is 277 g/mol. The van der Waals surface area contributed by atoms with Gasteiger partial charge in [-0.1, -0.05) is 12.1 Å². The number of nitrogens with two attached hydrogens (primary N) is 1. The normalized spacial score (nSPS) is 16.9. The second-order valence-electron chi connectivity index (χ2n) is 4.49. The quantitative estimate of drug-likeness (QED) is 0.696. The minimum atomic E-state index is -0.321. The summed E-state index contributed by atoms with van der Waals surface area (Å²) in [6, 6.07) is 12.0.